The highest BCUT2D eigenvalue weighted by molar-refractivity contribution is 6.12. The van der Waals surface area contributed by atoms with E-state index in [1.54, 1.807) is 21.3 Å². The first-order valence-corrected chi connectivity index (χ1v) is 9.64. The Morgan fingerprint density at radius 3 is 2.30 bits per heavy atom. The van der Waals surface area contributed by atoms with E-state index in [1.165, 1.54) is 52.1 Å². The van der Waals surface area contributed by atoms with Gasteiger partial charge in [-0.15, -0.1) is 0 Å². The molecule has 27 heavy (non-hydrogen) atoms. The summed E-state index contributed by atoms with van der Waals surface area (Å²) in [6.07, 6.45) is 3.72. The fourth-order valence-corrected chi connectivity index (χ4v) is 5.00. The van der Waals surface area contributed by atoms with Crippen molar-refractivity contribution < 1.29 is 14.2 Å². The number of methoxy groups -OCH3 is 3. The minimum absolute atomic E-state index is 0.671. The third kappa shape index (κ3) is 2.47. The quantitative estimate of drug-likeness (QED) is 0.639. The first-order valence-electron chi connectivity index (χ1n) is 9.64. The highest BCUT2D eigenvalue weighted by Gasteiger charge is 2.32. The zero-order valence-corrected chi connectivity index (χ0v) is 16.2. The first-order chi connectivity index (χ1) is 13.2. The van der Waals surface area contributed by atoms with Gasteiger partial charge in [0.1, 0.15) is 5.75 Å². The summed E-state index contributed by atoms with van der Waals surface area (Å²) in [5.41, 5.74) is 2.94. The van der Waals surface area contributed by atoms with Crippen LogP contribution in [0.4, 0.5) is 0 Å². The number of benzene rings is 3. The molecule has 4 nitrogen and oxygen atoms in total. The standard InChI is InChI=1S/C23H25NO3/c1-25-15-6-7-16-18(10-15)20-12-23(27-3)22(26-2)11-19(20)17-9-14-5-4-8-24(14)13-21(16)17/h6-7,10-12,14H,4-5,8-9,13H2,1-3H3/t14-/m0/s1. The van der Waals surface area contributed by atoms with Crippen molar-refractivity contribution in [2.75, 3.05) is 27.9 Å². The van der Waals surface area contributed by atoms with Gasteiger partial charge in [0.05, 0.1) is 21.3 Å². The molecule has 3 aromatic rings. The van der Waals surface area contributed by atoms with Crippen molar-refractivity contribution in [3.63, 3.8) is 0 Å². The van der Waals surface area contributed by atoms with Gasteiger partial charge in [-0.05, 0) is 82.7 Å². The average Bonchev–Trinajstić information content (AvgIpc) is 3.18. The monoisotopic (exact) mass is 363 g/mol. The molecule has 0 N–H and O–H groups in total. The molecule has 1 fully saturated rings. The first kappa shape index (κ1) is 16.7. The Morgan fingerprint density at radius 2 is 1.56 bits per heavy atom. The number of hydrogen-bond donors (Lipinski definition) is 0. The maximum absolute atomic E-state index is 5.62. The van der Waals surface area contributed by atoms with Crippen molar-refractivity contribution in [3.05, 3.63) is 41.5 Å². The number of nitrogens with zero attached hydrogens (tertiary/aromatic N) is 1. The number of rotatable bonds is 3. The Morgan fingerprint density at radius 1 is 0.815 bits per heavy atom. The summed E-state index contributed by atoms with van der Waals surface area (Å²) >= 11 is 0. The second-order valence-electron chi connectivity index (χ2n) is 7.59. The van der Waals surface area contributed by atoms with Gasteiger partial charge >= 0.3 is 0 Å². The smallest absolute Gasteiger partial charge is 0.161 e. The number of fused-ring (bicyclic) bond motifs is 7. The van der Waals surface area contributed by atoms with Crippen LogP contribution in [-0.4, -0.2) is 38.8 Å². The van der Waals surface area contributed by atoms with E-state index < -0.39 is 0 Å². The highest BCUT2D eigenvalue weighted by atomic mass is 16.5. The van der Waals surface area contributed by atoms with E-state index in [9.17, 15) is 0 Å². The maximum atomic E-state index is 5.62. The lowest BCUT2D eigenvalue weighted by Gasteiger charge is -2.33. The zero-order chi connectivity index (χ0) is 18.5. The Balaban J connectivity index is 1.88. The molecule has 3 aromatic carbocycles. The molecule has 0 aromatic heterocycles. The van der Waals surface area contributed by atoms with Crippen molar-refractivity contribution in [2.45, 2.75) is 31.8 Å². The lowest BCUT2D eigenvalue weighted by Crippen LogP contribution is -2.35. The van der Waals surface area contributed by atoms with Crippen LogP contribution in [0.15, 0.2) is 30.3 Å². The second-order valence-corrected chi connectivity index (χ2v) is 7.59. The van der Waals surface area contributed by atoms with Crippen LogP contribution in [-0.2, 0) is 13.0 Å². The maximum Gasteiger partial charge on any atom is 0.161 e. The zero-order valence-electron chi connectivity index (χ0n) is 16.2. The second kappa shape index (κ2) is 6.31. The SMILES string of the molecule is COc1ccc2c3c(c4cc(OC)c(OC)cc4c2c1)C[C@@H]1CCCN1C3. The molecule has 0 bridgehead atoms. The Kier molecular flexibility index (Phi) is 3.90. The normalized spacial score (nSPS) is 19.1. The van der Waals surface area contributed by atoms with Gasteiger partial charge in [0.25, 0.3) is 0 Å². The molecule has 140 valence electrons. The summed E-state index contributed by atoms with van der Waals surface area (Å²) in [6.45, 7) is 2.25. The molecule has 1 saturated heterocycles. The molecule has 0 aliphatic carbocycles. The Labute approximate surface area is 159 Å². The van der Waals surface area contributed by atoms with Crippen LogP contribution >= 0.6 is 0 Å². The molecule has 0 unspecified atom stereocenters. The average molecular weight is 363 g/mol. The summed E-state index contributed by atoms with van der Waals surface area (Å²) in [4.78, 5) is 2.65. The molecular weight excluding hydrogens is 338 g/mol. The molecule has 2 aliphatic rings. The van der Waals surface area contributed by atoms with Gasteiger partial charge in [-0.25, -0.2) is 0 Å². The van der Waals surface area contributed by atoms with Crippen molar-refractivity contribution in [1.82, 2.24) is 4.90 Å². The number of hydrogen-bond acceptors (Lipinski definition) is 4. The van der Waals surface area contributed by atoms with Crippen LogP contribution in [0.2, 0.25) is 0 Å². The van der Waals surface area contributed by atoms with Crippen molar-refractivity contribution in [3.8, 4) is 17.2 Å². The van der Waals surface area contributed by atoms with Gasteiger partial charge < -0.3 is 14.2 Å². The summed E-state index contributed by atoms with van der Waals surface area (Å²) < 4.78 is 16.7. The molecule has 0 radical (unpaired) electrons. The van der Waals surface area contributed by atoms with E-state index in [0.717, 1.165) is 30.2 Å². The summed E-state index contributed by atoms with van der Waals surface area (Å²) in [6, 6.07) is 11.4. The minimum atomic E-state index is 0.671. The van der Waals surface area contributed by atoms with Gasteiger partial charge in [-0.3, -0.25) is 4.90 Å². The van der Waals surface area contributed by atoms with Crippen LogP contribution < -0.4 is 14.2 Å². The van der Waals surface area contributed by atoms with E-state index in [1.807, 2.05) is 0 Å². The van der Waals surface area contributed by atoms with Gasteiger partial charge in [0.15, 0.2) is 11.5 Å². The van der Waals surface area contributed by atoms with Crippen LogP contribution in [0, 0.1) is 0 Å². The summed E-state index contributed by atoms with van der Waals surface area (Å²) in [5, 5.41) is 5.05. The molecule has 0 amide bonds. The minimum Gasteiger partial charge on any atom is -0.497 e. The van der Waals surface area contributed by atoms with Crippen molar-refractivity contribution in [2.24, 2.45) is 0 Å². The molecule has 0 spiro atoms. The van der Waals surface area contributed by atoms with Gasteiger partial charge in [-0.2, -0.15) is 0 Å². The molecule has 1 atom stereocenters. The fourth-order valence-electron chi connectivity index (χ4n) is 5.00. The lowest BCUT2D eigenvalue weighted by molar-refractivity contribution is 0.229. The van der Waals surface area contributed by atoms with Crippen LogP contribution in [0.1, 0.15) is 24.0 Å². The lowest BCUT2D eigenvalue weighted by atomic mass is 9.85. The fraction of sp³-hybridized carbons (Fsp3) is 0.391. The van der Waals surface area contributed by atoms with E-state index in [2.05, 4.69) is 35.2 Å². The molecule has 4 heteroatoms. The van der Waals surface area contributed by atoms with Crippen LogP contribution in [0.3, 0.4) is 0 Å². The van der Waals surface area contributed by atoms with Crippen LogP contribution in [0.25, 0.3) is 21.5 Å². The predicted octanol–water partition coefficient (Wildman–Crippen LogP) is 4.54. The molecular formula is C23H25NO3. The van der Waals surface area contributed by atoms with Gasteiger partial charge in [-0.1, -0.05) is 6.07 Å². The van der Waals surface area contributed by atoms with Crippen molar-refractivity contribution in [1.29, 1.82) is 0 Å². The van der Waals surface area contributed by atoms with E-state index >= 15 is 0 Å². The molecule has 2 heterocycles. The molecule has 5 rings (SSSR count). The number of ether oxygens (including phenoxy) is 3. The van der Waals surface area contributed by atoms with Gasteiger partial charge in [0, 0.05) is 12.6 Å². The topological polar surface area (TPSA) is 30.9 Å². The molecule has 0 saturated carbocycles. The predicted molar refractivity (Wildman–Crippen MR) is 108 cm³/mol. The third-order valence-electron chi connectivity index (χ3n) is 6.36. The van der Waals surface area contributed by atoms with E-state index in [0.29, 0.717) is 6.04 Å². The summed E-state index contributed by atoms with van der Waals surface area (Å²) in [5.74, 6) is 2.45. The summed E-state index contributed by atoms with van der Waals surface area (Å²) in [7, 11) is 5.13. The van der Waals surface area contributed by atoms with Crippen molar-refractivity contribution >= 4 is 21.5 Å². The Hall–Kier alpha value is -2.46. The molecule has 2 aliphatic heterocycles. The highest BCUT2D eigenvalue weighted by Crippen LogP contribution is 2.44. The largest absolute Gasteiger partial charge is 0.497 e. The third-order valence-corrected chi connectivity index (χ3v) is 6.36. The Bertz CT molecular complexity index is 1040. The van der Waals surface area contributed by atoms with E-state index in [4.69, 9.17) is 14.2 Å². The van der Waals surface area contributed by atoms with Gasteiger partial charge in [0.2, 0.25) is 0 Å². The van der Waals surface area contributed by atoms with Crippen LogP contribution in [0.5, 0.6) is 17.2 Å². The van der Waals surface area contributed by atoms with E-state index in [-0.39, 0.29) is 0 Å².